The van der Waals surface area contributed by atoms with E-state index in [9.17, 15) is 26.7 Å². The number of halogens is 5. The lowest BCUT2D eigenvalue weighted by Crippen LogP contribution is -2.46. The molecule has 2 fully saturated rings. The number of fused-ring (bicyclic) bond motifs is 1. The Morgan fingerprint density at radius 1 is 1.20 bits per heavy atom. The quantitative estimate of drug-likeness (QED) is 0.116. The largest absolute Gasteiger partial charge is 0.416 e. The number of ether oxygens (including phenoxy) is 3. The molecule has 2 aromatic rings. The van der Waals surface area contributed by atoms with Gasteiger partial charge in [-0.1, -0.05) is 25.7 Å². The second kappa shape index (κ2) is 13.5. The molecule has 1 aromatic heterocycles. The number of alkyl halides is 5. The summed E-state index contributed by atoms with van der Waals surface area (Å²) in [5.41, 5.74) is 5.95. The van der Waals surface area contributed by atoms with Gasteiger partial charge in [0, 0.05) is 33.9 Å². The maximum atomic E-state index is 13.6. The molecule has 0 radical (unpaired) electrons. The summed E-state index contributed by atoms with van der Waals surface area (Å²) < 4.78 is 86.5. The number of aromatic nitrogens is 2. The minimum absolute atomic E-state index is 0.00627. The number of nitrogens with two attached hydrogens (primary N) is 1. The van der Waals surface area contributed by atoms with E-state index < -0.39 is 44.0 Å². The van der Waals surface area contributed by atoms with Crippen LogP contribution in [0.2, 0.25) is 25.7 Å². The second-order valence-electron chi connectivity index (χ2n) is 14.3. The SMILES string of the molecule is C[C@@H](OC(C)(C)C(F)(F)F)[C@H](N)c1nc2cc([C@@H](COC3CC3)NC(=O)CC3CC(F)(F)C3)ccc2n1COCC[Si](C)(C)C. The summed E-state index contributed by atoms with van der Waals surface area (Å²) in [6.07, 6.45) is -4.23. The van der Waals surface area contributed by atoms with Gasteiger partial charge < -0.3 is 29.8 Å². The molecule has 0 bridgehead atoms. The molecule has 1 aromatic carbocycles. The van der Waals surface area contributed by atoms with Crippen molar-refractivity contribution < 1.29 is 41.0 Å². The molecule has 2 aliphatic carbocycles. The van der Waals surface area contributed by atoms with Crippen molar-refractivity contribution in [2.75, 3.05) is 13.2 Å². The first-order valence-electron chi connectivity index (χ1n) is 15.6. The van der Waals surface area contributed by atoms with Crippen LogP contribution in [0.3, 0.4) is 0 Å². The monoisotopic (exact) mass is 662 g/mol. The molecule has 0 unspecified atom stereocenters. The first-order valence-corrected chi connectivity index (χ1v) is 19.3. The molecular formula is C31H47F5N4O4Si. The highest BCUT2D eigenvalue weighted by molar-refractivity contribution is 6.76. The van der Waals surface area contributed by atoms with Gasteiger partial charge in [0.1, 0.15) is 12.6 Å². The van der Waals surface area contributed by atoms with Crippen molar-refractivity contribution in [3.05, 3.63) is 29.6 Å². The molecule has 3 N–H and O–H groups in total. The number of hydrogen-bond donors (Lipinski definition) is 2. The average molecular weight is 663 g/mol. The Morgan fingerprint density at radius 2 is 1.87 bits per heavy atom. The minimum atomic E-state index is -4.60. The van der Waals surface area contributed by atoms with E-state index in [0.717, 1.165) is 32.7 Å². The predicted octanol–water partition coefficient (Wildman–Crippen LogP) is 6.87. The van der Waals surface area contributed by atoms with Crippen molar-refractivity contribution >= 4 is 25.0 Å². The standard InChI is InChI=1S/C31H47F5N4O4Si/c1-19(44-29(2,3)31(34,35)36)27(37)28-39-23-14-21(7-10-25(23)40(28)18-42-11-12-45(4,5)6)24(17-43-22-8-9-22)38-26(41)13-20-15-30(32,33)16-20/h7,10,14,19-20,22,24,27H,8-9,11-13,15-18,37H2,1-6H3,(H,38,41)/t19-,24-,27+/m1/s1. The van der Waals surface area contributed by atoms with Crippen molar-refractivity contribution in [3.63, 3.8) is 0 Å². The molecule has 254 valence electrons. The minimum Gasteiger partial charge on any atom is -0.376 e. The van der Waals surface area contributed by atoms with Crippen LogP contribution in [0.4, 0.5) is 22.0 Å². The maximum Gasteiger partial charge on any atom is 0.416 e. The summed E-state index contributed by atoms with van der Waals surface area (Å²) in [6, 6.07) is 4.78. The van der Waals surface area contributed by atoms with Gasteiger partial charge in [0.15, 0.2) is 5.60 Å². The summed E-state index contributed by atoms with van der Waals surface area (Å²) >= 11 is 0. The molecule has 4 rings (SSSR count). The zero-order chi connectivity index (χ0) is 33.4. The number of nitrogens with zero attached hydrogens (tertiary/aromatic N) is 2. The number of amides is 1. The Kier molecular flexibility index (Phi) is 10.7. The number of carbonyl (C=O) groups excluding carboxylic acids is 1. The van der Waals surface area contributed by atoms with Crippen LogP contribution in [0.15, 0.2) is 18.2 Å². The van der Waals surface area contributed by atoms with E-state index in [0.29, 0.717) is 29.0 Å². The smallest absolute Gasteiger partial charge is 0.376 e. The number of carbonyl (C=O) groups is 1. The zero-order valence-corrected chi connectivity index (χ0v) is 28.0. The van der Waals surface area contributed by atoms with E-state index in [-0.39, 0.29) is 50.5 Å². The van der Waals surface area contributed by atoms with Gasteiger partial charge in [-0.05, 0) is 63.3 Å². The van der Waals surface area contributed by atoms with E-state index in [1.165, 1.54) is 6.92 Å². The van der Waals surface area contributed by atoms with Crippen LogP contribution < -0.4 is 11.1 Å². The van der Waals surface area contributed by atoms with E-state index in [2.05, 4.69) is 25.0 Å². The Hall–Kier alpha value is -2.13. The molecule has 1 amide bonds. The predicted molar refractivity (Wildman–Crippen MR) is 164 cm³/mol. The Labute approximate surface area is 262 Å². The molecule has 45 heavy (non-hydrogen) atoms. The van der Waals surface area contributed by atoms with Gasteiger partial charge in [-0.15, -0.1) is 0 Å². The number of imidazole rings is 1. The third-order valence-corrected chi connectivity index (χ3v) is 10.1. The van der Waals surface area contributed by atoms with Crippen LogP contribution >= 0.6 is 0 Å². The molecule has 8 nitrogen and oxygen atoms in total. The molecule has 0 aliphatic heterocycles. The molecule has 0 saturated heterocycles. The first kappa shape index (κ1) is 35.7. The maximum absolute atomic E-state index is 13.6. The van der Waals surface area contributed by atoms with Crippen molar-refractivity contribution in [3.8, 4) is 0 Å². The summed E-state index contributed by atoms with van der Waals surface area (Å²) in [4.78, 5) is 17.6. The van der Waals surface area contributed by atoms with E-state index in [1.807, 2.05) is 12.1 Å². The van der Waals surface area contributed by atoms with Gasteiger partial charge in [-0.25, -0.2) is 13.8 Å². The average Bonchev–Trinajstić information content (AvgIpc) is 3.65. The van der Waals surface area contributed by atoms with Crippen LogP contribution in [-0.4, -0.2) is 66.7 Å². The highest BCUT2D eigenvalue weighted by atomic mass is 28.3. The van der Waals surface area contributed by atoms with E-state index in [4.69, 9.17) is 24.9 Å². The third kappa shape index (κ3) is 9.69. The highest BCUT2D eigenvalue weighted by Gasteiger charge is 2.50. The van der Waals surface area contributed by atoms with Crippen LogP contribution in [0, 0.1) is 5.92 Å². The molecular weight excluding hydrogens is 615 g/mol. The van der Waals surface area contributed by atoms with Crippen molar-refractivity contribution in [2.24, 2.45) is 11.7 Å². The third-order valence-electron chi connectivity index (χ3n) is 8.39. The van der Waals surface area contributed by atoms with Gasteiger partial charge >= 0.3 is 6.18 Å². The van der Waals surface area contributed by atoms with Gasteiger partial charge in [0.05, 0.1) is 41.9 Å². The van der Waals surface area contributed by atoms with Crippen LogP contribution in [0.5, 0.6) is 0 Å². The van der Waals surface area contributed by atoms with Gasteiger partial charge in [0.2, 0.25) is 11.8 Å². The first-order chi connectivity index (χ1) is 20.7. The Morgan fingerprint density at radius 3 is 2.44 bits per heavy atom. The Balaban J connectivity index is 1.59. The van der Waals surface area contributed by atoms with Crippen molar-refractivity contribution in [1.82, 2.24) is 14.9 Å². The zero-order valence-electron chi connectivity index (χ0n) is 27.0. The fraction of sp³-hybridized carbons (Fsp3) is 0.742. The number of hydrogen-bond acceptors (Lipinski definition) is 6. The fourth-order valence-electron chi connectivity index (χ4n) is 5.25. The molecule has 2 aliphatic rings. The van der Waals surface area contributed by atoms with Crippen LogP contribution in [0.1, 0.15) is 76.3 Å². The Bertz CT molecular complexity index is 1320. The molecule has 1 heterocycles. The molecule has 2 saturated carbocycles. The van der Waals surface area contributed by atoms with E-state index >= 15 is 0 Å². The van der Waals surface area contributed by atoms with Crippen molar-refractivity contribution in [1.29, 1.82) is 0 Å². The van der Waals surface area contributed by atoms with Gasteiger partial charge in [-0.2, -0.15) is 13.2 Å². The highest BCUT2D eigenvalue weighted by Crippen LogP contribution is 2.44. The number of rotatable bonds is 16. The second-order valence-corrected chi connectivity index (χ2v) is 20.0. The van der Waals surface area contributed by atoms with Crippen LogP contribution in [0.25, 0.3) is 11.0 Å². The van der Waals surface area contributed by atoms with Crippen molar-refractivity contribution in [2.45, 2.75) is 127 Å². The summed E-state index contributed by atoms with van der Waals surface area (Å²) in [5.74, 6) is -3.09. The molecule has 3 atom stereocenters. The lowest BCUT2D eigenvalue weighted by atomic mass is 9.79. The summed E-state index contributed by atoms with van der Waals surface area (Å²) in [5, 5.41) is 2.95. The van der Waals surface area contributed by atoms with Crippen LogP contribution in [-0.2, 0) is 25.7 Å². The summed E-state index contributed by atoms with van der Waals surface area (Å²) in [7, 11) is -1.38. The fourth-order valence-corrected chi connectivity index (χ4v) is 6.01. The van der Waals surface area contributed by atoms with E-state index in [1.54, 1.807) is 10.6 Å². The lowest BCUT2D eigenvalue weighted by Gasteiger charge is -2.34. The topological polar surface area (TPSA) is 101 Å². The summed E-state index contributed by atoms with van der Waals surface area (Å²) in [6.45, 7) is 10.9. The lowest BCUT2D eigenvalue weighted by molar-refractivity contribution is -0.277. The number of nitrogens with one attached hydrogen (secondary N) is 1. The molecule has 14 heteroatoms. The van der Waals surface area contributed by atoms with Gasteiger partial charge in [-0.3, -0.25) is 4.79 Å². The molecule has 0 spiro atoms. The number of benzene rings is 1. The van der Waals surface area contributed by atoms with Gasteiger partial charge in [0.25, 0.3) is 0 Å². The normalized spacial score (nSPS) is 19.7.